The van der Waals surface area contributed by atoms with Crippen molar-refractivity contribution in [2.24, 2.45) is 0 Å². The van der Waals surface area contributed by atoms with E-state index in [4.69, 9.17) is 0 Å². The van der Waals surface area contributed by atoms with Gasteiger partial charge in [0, 0.05) is 17.4 Å². The molecule has 0 spiro atoms. The van der Waals surface area contributed by atoms with E-state index in [0.717, 1.165) is 27.9 Å². The molecule has 0 fully saturated rings. The number of fused-ring (bicyclic) bond motifs is 1. The fraction of sp³-hybridized carbons (Fsp3) is 0.172. The zero-order chi connectivity index (χ0) is 25.4. The van der Waals surface area contributed by atoms with Gasteiger partial charge in [-0.3, -0.25) is 14.5 Å². The van der Waals surface area contributed by atoms with Gasteiger partial charge in [-0.15, -0.1) is 0 Å². The molecule has 180 valence electrons. The van der Waals surface area contributed by atoms with Crippen LogP contribution in [0.3, 0.4) is 0 Å². The second kappa shape index (κ2) is 9.00. The van der Waals surface area contributed by atoms with Gasteiger partial charge in [-0.05, 0) is 73.4 Å². The molecular formula is C29H25FN4O2. The van der Waals surface area contributed by atoms with E-state index in [-0.39, 0.29) is 17.4 Å². The van der Waals surface area contributed by atoms with Crippen LogP contribution in [-0.2, 0) is 16.9 Å². The smallest absolute Gasteiger partial charge is 0.256 e. The highest BCUT2D eigenvalue weighted by atomic mass is 19.1. The van der Waals surface area contributed by atoms with Gasteiger partial charge < -0.3 is 5.32 Å². The van der Waals surface area contributed by atoms with Crippen LogP contribution >= 0.6 is 0 Å². The molecule has 1 aliphatic rings. The van der Waals surface area contributed by atoms with Crippen molar-refractivity contribution >= 4 is 29.0 Å². The highest BCUT2D eigenvalue weighted by molar-refractivity contribution is 6.14. The van der Waals surface area contributed by atoms with Crippen molar-refractivity contribution in [3.63, 3.8) is 0 Å². The van der Waals surface area contributed by atoms with Crippen molar-refractivity contribution in [3.05, 3.63) is 102 Å². The normalized spacial score (nSPS) is 14.0. The van der Waals surface area contributed by atoms with Crippen molar-refractivity contribution in [1.82, 2.24) is 9.97 Å². The molecule has 2 amide bonds. The Hall–Kier alpha value is -4.39. The fourth-order valence-corrected chi connectivity index (χ4v) is 4.67. The second-order valence-electron chi connectivity index (χ2n) is 9.36. The van der Waals surface area contributed by atoms with Gasteiger partial charge in [-0.1, -0.05) is 42.0 Å². The number of benzene rings is 3. The Kier molecular flexibility index (Phi) is 5.84. The molecule has 6 nitrogen and oxygen atoms in total. The summed E-state index contributed by atoms with van der Waals surface area (Å²) in [7, 11) is 0. The maximum Gasteiger partial charge on any atom is 0.256 e. The summed E-state index contributed by atoms with van der Waals surface area (Å²) in [4.78, 5) is 36.5. The number of aryl methyl sites for hydroxylation is 1. The van der Waals surface area contributed by atoms with Crippen LogP contribution < -0.4 is 10.2 Å². The van der Waals surface area contributed by atoms with Crippen molar-refractivity contribution in [3.8, 4) is 11.1 Å². The van der Waals surface area contributed by atoms with Gasteiger partial charge in [-0.2, -0.15) is 0 Å². The Labute approximate surface area is 208 Å². The molecule has 2 heterocycles. The van der Waals surface area contributed by atoms with E-state index in [0.29, 0.717) is 17.1 Å². The van der Waals surface area contributed by atoms with E-state index in [1.54, 1.807) is 35.4 Å². The molecule has 1 aliphatic heterocycles. The Balaban J connectivity index is 1.60. The van der Waals surface area contributed by atoms with Crippen molar-refractivity contribution in [2.75, 3.05) is 10.2 Å². The Morgan fingerprint density at radius 2 is 1.83 bits per heavy atom. The minimum Gasteiger partial charge on any atom is -0.322 e. The molecule has 0 bridgehead atoms. The number of rotatable bonds is 5. The third-order valence-corrected chi connectivity index (χ3v) is 6.56. The lowest BCUT2D eigenvalue weighted by Crippen LogP contribution is -2.33. The Morgan fingerprint density at radius 3 is 2.53 bits per heavy atom. The van der Waals surface area contributed by atoms with Gasteiger partial charge in [0.1, 0.15) is 18.8 Å². The number of hydrogen-bond acceptors (Lipinski definition) is 4. The van der Waals surface area contributed by atoms with Crippen molar-refractivity contribution in [2.45, 2.75) is 32.9 Å². The van der Waals surface area contributed by atoms with Crippen LogP contribution in [0.25, 0.3) is 11.1 Å². The van der Waals surface area contributed by atoms with Crippen LogP contribution in [0.4, 0.5) is 21.6 Å². The number of anilines is 3. The number of carbonyl (C=O) groups excluding carboxylic acids is 2. The lowest BCUT2D eigenvalue weighted by molar-refractivity contribution is -0.121. The SMILES string of the molecule is Cc1ccc(NC(=O)c2cc(-c3cccc4c3C(C)(C)C(=O)N4c3ccncn3)ccc2CF)cc1. The van der Waals surface area contributed by atoms with Gasteiger partial charge in [0.25, 0.3) is 5.91 Å². The molecule has 0 atom stereocenters. The number of carbonyl (C=O) groups is 2. The molecule has 4 aromatic rings. The van der Waals surface area contributed by atoms with Crippen LogP contribution in [0.15, 0.2) is 79.3 Å². The quantitative estimate of drug-likeness (QED) is 0.373. The molecule has 3 aromatic carbocycles. The molecule has 0 aliphatic carbocycles. The zero-order valence-corrected chi connectivity index (χ0v) is 20.2. The first-order valence-corrected chi connectivity index (χ1v) is 11.6. The number of alkyl halides is 1. The van der Waals surface area contributed by atoms with Crippen LogP contribution in [0.1, 0.15) is 40.9 Å². The van der Waals surface area contributed by atoms with E-state index in [1.807, 2.05) is 63.2 Å². The summed E-state index contributed by atoms with van der Waals surface area (Å²) in [5, 5.41) is 2.86. The number of nitrogens with zero attached hydrogens (tertiary/aromatic N) is 3. The molecule has 0 saturated carbocycles. The molecule has 36 heavy (non-hydrogen) atoms. The van der Waals surface area contributed by atoms with Crippen molar-refractivity contribution in [1.29, 1.82) is 0 Å². The van der Waals surface area contributed by atoms with Gasteiger partial charge in [0.15, 0.2) is 0 Å². The summed E-state index contributed by atoms with van der Waals surface area (Å²) in [5.74, 6) is -0.00911. The minimum absolute atomic E-state index is 0.110. The monoisotopic (exact) mass is 480 g/mol. The van der Waals surface area contributed by atoms with E-state index >= 15 is 0 Å². The molecule has 0 unspecified atom stereocenters. The highest BCUT2D eigenvalue weighted by Gasteiger charge is 2.46. The number of amides is 2. The molecule has 5 rings (SSSR count). The van der Waals surface area contributed by atoms with Gasteiger partial charge in [0.2, 0.25) is 5.91 Å². The molecular weight excluding hydrogens is 455 g/mol. The van der Waals surface area contributed by atoms with Crippen LogP contribution in [-0.4, -0.2) is 21.8 Å². The predicted octanol–water partition coefficient (Wildman–Crippen LogP) is 6.13. The van der Waals surface area contributed by atoms with E-state index in [1.165, 1.54) is 6.33 Å². The zero-order valence-electron chi connectivity index (χ0n) is 20.2. The number of nitrogens with one attached hydrogen (secondary N) is 1. The summed E-state index contributed by atoms with van der Waals surface area (Å²) in [6.45, 7) is 4.95. The standard InChI is InChI=1S/C29H25FN4O2/c1-18-7-11-21(12-8-18)33-27(35)23-15-19(9-10-20(23)16-30)22-5-4-6-24-26(22)29(2,3)28(36)34(24)25-13-14-31-17-32-25/h4-15,17H,16H2,1-3H3,(H,33,35). The summed E-state index contributed by atoms with van der Waals surface area (Å²) >= 11 is 0. The van der Waals surface area contributed by atoms with Gasteiger partial charge in [0.05, 0.1) is 11.1 Å². The van der Waals surface area contributed by atoms with E-state index < -0.39 is 12.1 Å². The van der Waals surface area contributed by atoms with E-state index in [2.05, 4.69) is 15.3 Å². The lowest BCUT2D eigenvalue weighted by atomic mass is 9.81. The van der Waals surface area contributed by atoms with Gasteiger partial charge in [-0.25, -0.2) is 14.4 Å². The molecule has 1 aromatic heterocycles. The first-order valence-electron chi connectivity index (χ1n) is 11.6. The Morgan fingerprint density at radius 1 is 1.06 bits per heavy atom. The number of aromatic nitrogens is 2. The maximum atomic E-state index is 13.9. The van der Waals surface area contributed by atoms with E-state index in [9.17, 15) is 14.0 Å². The topological polar surface area (TPSA) is 75.2 Å². The van der Waals surface area contributed by atoms with Crippen LogP contribution in [0.5, 0.6) is 0 Å². The lowest BCUT2D eigenvalue weighted by Gasteiger charge is -2.20. The summed E-state index contributed by atoms with van der Waals surface area (Å²) < 4.78 is 13.9. The third kappa shape index (κ3) is 3.92. The largest absolute Gasteiger partial charge is 0.322 e. The second-order valence-corrected chi connectivity index (χ2v) is 9.36. The first-order chi connectivity index (χ1) is 17.3. The highest BCUT2D eigenvalue weighted by Crippen LogP contribution is 2.49. The average Bonchev–Trinajstić information content (AvgIpc) is 3.10. The molecule has 0 saturated heterocycles. The third-order valence-electron chi connectivity index (χ3n) is 6.56. The summed E-state index contributed by atoms with van der Waals surface area (Å²) in [6.07, 6.45) is 3.01. The predicted molar refractivity (Wildman–Crippen MR) is 138 cm³/mol. The summed E-state index contributed by atoms with van der Waals surface area (Å²) in [6, 6.07) is 19.9. The fourth-order valence-electron chi connectivity index (χ4n) is 4.67. The maximum absolute atomic E-state index is 13.9. The average molecular weight is 481 g/mol. The molecule has 1 N–H and O–H groups in total. The Bertz CT molecular complexity index is 1470. The number of halogens is 1. The first kappa shape index (κ1) is 23.4. The molecule has 0 radical (unpaired) electrons. The van der Waals surface area contributed by atoms with Crippen LogP contribution in [0, 0.1) is 6.92 Å². The van der Waals surface area contributed by atoms with Crippen molar-refractivity contribution < 1.29 is 14.0 Å². The number of hydrogen-bond donors (Lipinski definition) is 1. The van der Waals surface area contributed by atoms with Crippen LogP contribution in [0.2, 0.25) is 0 Å². The summed E-state index contributed by atoms with van der Waals surface area (Å²) in [5.41, 5.74) is 4.49. The minimum atomic E-state index is -0.847. The molecule has 7 heteroatoms. The van der Waals surface area contributed by atoms with Gasteiger partial charge >= 0.3 is 0 Å².